The number of carbonyl (C=O) groups is 2. The molecule has 1 saturated carbocycles. The predicted octanol–water partition coefficient (Wildman–Crippen LogP) is 12.0. The summed E-state index contributed by atoms with van der Waals surface area (Å²) in [6.45, 7) is 2.47. The van der Waals surface area contributed by atoms with Crippen LogP contribution in [0.1, 0.15) is 83.7 Å². The Morgan fingerprint density at radius 3 is 2.14 bits per heavy atom. The summed E-state index contributed by atoms with van der Waals surface area (Å²) >= 11 is 15.8. The Morgan fingerprint density at radius 1 is 0.797 bits per heavy atom. The molecule has 1 aliphatic rings. The van der Waals surface area contributed by atoms with Gasteiger partial charge in [0.1, 0.15) is 6.10 Å². The molecular weight excluding hydrogens is 824 g/mol. The number of hydrogen-bond donors (Lipinski definition) is 1. The maximum absolute atomic E-state index is 13.8. The van der Waals surface area contributed by atoms with Gasteiger partial charge in [0.2, 0.25) is 10.3 Å². The molecule has 302 valence electrons. The number of esters is 2. The molecule has 1 aliphatic carbocycles. The number of rotatable bonds is 16. The first-order valence-electron chi connectivity index (χ1n) is 19.5. The van der Waals surface area contributed by atoms with Gasteiger partial charge in [0.25, 0.3) is 0 Å². The van der Waals surface area contributed by atoms with Crippen molar-refractivity contribution >= 4 is 80.5 Å². The minimum atomic E-state index is -0.440. The van der Waals surface area contributed by atoms with Crippen molar-refractivity contribution < 1.29 is 19.1 Å². The number of carbonyl (C=O) groups excluding carboxylic acids is 2. The molecule has 2 heterocycles. The third kappa shape index (κ3) is 10.8. The summed E-state index contributed by atoms with van der Waals surface area (Å²) < 4.78 is 11.8. The number of benzene rings is 4. The minimum absolute atomic E-state index is 0.161. The molecule has 10 nitrogen and oxygen atoms in total. The molecule has 14 heteroatoms. The van der Waals surface area contributed by atoms with Crippen molar-refractivity contribution in [2.75, 3.05) is 17.0 Å². The van der Waals surface area contributed by atoms with Crippen LogP contribution >= 0.6 is 45.9 Å². The van der Waals surface area contributed by atoms with Crippen molar-refractivity contribution in [3.05, 3.63) is 140 Å². The molecule has 0 bridgehead atoms. The number of unbranched alkanes of at least 4 members (excludes halogenated alkanes) is 2. The van der Waals surface area contributed by atoms with Crippen LogP contribution in [0.2, 0.25) is 10.0 Å². The average Bonchev–Trinajstić information content (AvgIpc) is 3.94. The Morgan fingerprint density at radius 2 is 1.42 bits per heavy atom. The minimum Gasteiger partial charge on any atom is -0.462 e. The summed E-state index contributed by atoms with van der Waals surface area (Å²) in [5.74, 6) is -0.828. The number of nitrogens with one attached hydrogen (secondary N) is 1. The zero-order valence-electron chi connectivity index (χ0n) is 32.3. The van der Waals surface area contributed by atoms with Crippen LogP contribution in [0.25, 0.3) is 22.5 Å². The largest absolute Gasteiger partial charge is 0.462 e. The van der Waals surface area contributed by atoms with Gasteiger partial charge in [0.05, 0.1) is 47.6 Å². The van der Waals surface area contributed by atoms with E-state index in [4.69, 9.17) is 42.8 Å². The van der Waals surface area contributed by atoms with Crippen molar-refractivity contribution in [1.82, 2.24) is 9.97 Å². The summed E-state index contributed by atoms with van der Waals surface area (Å²) in [5.41, 5.74) is 8.16. The van der Waals surface area contributed by atoms with Crippen LogP contribution in [0.15, 0.2) is 118 Å². The zero-order chi connectivity index (χ0) is 41.0. The van der Waals surface area contributed by atoms with Crippen LogP contribution in [-0.2, 0) is 9.47 Å². The Labute approximate surface area is 361 Å². The number of halogens is 2. The molecule has 0 aliphatic heterocycles. The van der Waals surface area contributed by atoms with E-state index < -0.39 is 5.97 Å². The van der Waals surface area contributed by atoms with Crippen molar-refractivity contribution in [2.45, 2.75) is 64.0 Å². The third-order valence-corrected chi connectivity index (χ3v) is 12.0. The van der Waals surface area contributed by atoms with Crippen molar-refractivity contribution in [1.29, 1.82) is 0 Å². The van der Waals surface area contributed by atoms with Crippen LogP contribution < -0.4 is 10.4 Å². The van der Waals surface area contributed by atoms with Gasteiger partial charge in [-0.15, -0.1) is 22.7 Å². The lowest BCUT2D eigenvalue weighted by atomic mass is 9.92. The molecule has 2 aromatic heterocycles. The number of aromatic nitrogens is 2. The second kappa shape index (κ2) is 20.5. The van der Waals surface area contributed by atoms with E-state index in [0.717, 1.165) is 54.6 Å². The first-order valence-corrected chi connectivity index (χ1v) is 22.0. The molecule has 0 saturated heterocycles. The van der Waals surface area contributed by atoms with Crippen molar-refractivity contribution in [2.24, 2.45) is 10.2 Å². The summed E-state index contributed by atoms with van der Waals surface area (Å²) in [7, 11) is 0. The summed E-state index contributed by atoms with van der Waals surface area (Å²) in [6, 6.07) is 29.4. The third-order valence-electron chi connectivity index (χ3n) is 9.74. The number of ether oxygens (including phenoxy) is 2. The average molecular weight is 866 g/mol. The molecule has 1 N–H and O–H groups in total. The second-order valence-electron chi connectivity index (χ2n) is 13.8. The lowest BCUT2D eigenvalue weighted by molar-refractivity contribution is 0.0186. The van der Waals surface area contributed by atoms with Gasteiger partial charge in [-0.05, 0) is 49.9 Å². The molecule has 6 aromatic rings. The second-order valence-corrected chi connectivity index (χ2v) is 16.3. The zero-order valence-corrected chi connectivity index (χ0v) is 35.4. The topological polar surface area (TPSA) is 118 Å². The van der Waals surface area contributed by atoms with Gasteiger partial charge in [-0.2, -0.15) is 10.2 Å². The van der Waals surface area contributed by atoms with E-state index in [1.54, 1.807) is 30.6 Å². The van der Waals surface area contributed by atoms with Gasteiger partial charge < -0.3 is 9.47 Å². The van der Waals surface area contributed by atoms with E-state index in [9.17, 15) is 9.59 Å². The highest BCUT2D eigenvalue weighted by Crippen LogP contribution is 2.36. The standard InChI is InChI=1S/C45H42Cl2N6O4S2/c1-2-3-12-24-56-42(54)34-18-6-5-15-31(34)27-49-53(45-51-41(29-59-45)37-21-9-11-23-39(37)47)32-16-13-17-33(25-32)57-43(55)35-19-7-4-14-30(35)26-48-52-44-50-40(28-58-44)36-20-8-10-22-38(36)46/h4-11,14-15,18-23,26-29,32-33H,2-3,12-13,16-17,24-25H2,1H3,(H,50,52)/b48-26+,49-27+. The summed E-state index contributed by atoms with van der Waals surface area (Å²) in [5, 5.41) is 17.6. The van der Waals surface area contributed by atoms with E-state index in [0.29, 0.717) is 62.0 Å². The Hall–Kier alpha value is -5.40. The molecule has 0 spiro atoms. The highest BCUT2D eigenvalue weighted by Gasteiger charge is 2.31. The van der Waals surface area contributed by atoms with Gasteiger partial charge in [-0.1, -0.05) is 116 Å². The fourth-order valence-electron chi connectivity index (χ4n) is 6.71. The highest BCUT2D eigenvalue weighted by atomic mass is 35.5. The first kappa shape index (κ1) is 41.7. The number of hydrazone groups is 2. The quantitative estimate of drug-likeness (QED) is 0.0442. The van der Waals surface area contributed by atoms with Gasteiger partial charge in [0, 0.05) is 49.5 Å². The van der Waals surface area contributed by atoms with Gasteiger partial charge >= 0.3 is 11.9 Å². The molecular formula is C45H42Cl2N6O4S2. The molecule has 1 fully saturated rings. The van der Waals surface area contributed by atoms with Crippen molar-refractivity contribution in [3.8, 4) is 22.5 Å². The van der Waals surface area contributed by atoms with Crippen LogP contribution in [0.5, 0.6) is 0 Å². The molecule has 4 aromatic carbocycles. The van der Waals surface area contributed by atoms with E-state index in [1.807, 2.05) is 94.6 Å². The fraction of sp³-hybridized carbons (Fsp3) is 0.244. The number of hydrogen-bond acceptors (Lipinski definition) is 12. The molecule has 7 rings (SSSR count). The lowest BCUT2D eigenvalue weighted by Gasteiger charge is -2.34. The number of thiazole rings is 2. The van der Waals surface area contributed by atoms with E-state index in [-0.39, 0.29) is 18.1 Å². The van der Waals surface area contributed by atoms with E-state index in [1.165, 1.54) is 22.7 Å². The van der Waals surface area contributed by atoms with Gasteiger partial charge in [0.15, 0.2) is 0 Å². The SMILES string of the molecule is CCCCCOC(=O)c1ccccc1/C=N/N(c1nc(-c2ccccc2Cl)cs1)C1CCCC(OC(=O)c2ccccc2/C=N/Nc2nc(-c3ccccc3Cl)cs2)C1. The normalized spacial score (nSPS) is 15.4. The molecule has 2 atom stereocenters. The molecule has 2 unspecified atom stereocenters. The maximum Gasteiger partial charge on any atom is 0.339 e. The monoisotopic (exact) mass is 864 g/mol. The maximum atomic E-state index is 13.8. The van der Waals surface area contributed by atoms with Crippen LogP contribution in [0.3, 0.4) is 0 Å². The smallest absolute Gasteiger partial charge is 0.339 e. The van der Waals surface area contributed by atoms with Crippen LogP contribution in [0, 0.1) is 0 Å². The van der Waals surface area contributed by atoms with Gasteiger partial charge in [-0.25, -0.2) is 24.6 Å². The van der Waals surface area contributed by atoms with Gasteiger partial charge in [-0.3, -0.25) is 5.43 Å². The summed E-state index contributed by atoms with van der Waals surface area (Å²) in [6.07, 6.45) is 8.54. The molecule has 59 heavy (non-hydrogen) atoms. The lowest BCUT2D eigenvalue weighted by Crippen LogP contribution is -2.39. The van der Waals surface area contributed by atoms with E-state index >= 15 is 0 Å². The Balaban J connectivity index is 1.07. The predicted molar refractivity (Wildman–Crippen MR) is 241 cm³/mol. The Kier molecular flexibility index (Phi) is 14.5. The van der Waals surface area contributed by atoms with E-state index in [2.05, 4.69) is 22.4 Å². The van der Waals surface area contributed by atoms with Crippen molar-refractivity contribution in [3.63, 3.8) is 0 Å². The van der Waals surface area contributed by atoms with Crippen LogP contribution in [-0.4, -0.2) is 53.1 Å². The number of nitrogens with zero attached hydrogens (tertiary/aromatic N) is 5. The highest BCUT2D eigenvalue weighted by molar-refractivity contribution is 7.14. The first-order chi connectivity index (χ1) is 28.9. The fourth-order valence-corrected chi connectivity index (χ4v) is 8.69. The summed E-state index contributed by atoms with van der Waals surface area (Å²) in [4.78, 5) is 36.5. The van der Waals surface area contributed by atoms with Crippen LogP contribution in [0.4, 0.5) is 10.3 Å². The number of anilines is 2. The molecule has 0 amide bonds. The Bertz CT molecular complexity index is 2430. The molecule has 0 radical (unpaired) electrons.